The minimum absolute atomic E-state index is 0.212. The summed E-state index contributed by atoms with van der Waals surface area (Å²) in [7, 11) is -3.62. The van der Waals surface area contributed by atoms with Crippen molar-refractivity contribution in [1.29, 1.82) is 5.26 Å². The fourth-order valence-corrected chi connectivity index (χ4v) is 3.00. The molecule has 6 heteroatoms. The predicted molar refractivity (Wildman–Crippen MR) is 77.9 cm³/mol. The zero-order valence-corrected chi connectivity index (χ0v) is 12.8. The van der Waals surface area contributed by atoms with E-state index in [1.807, 2.05) is 31.2 Å². The average molecular weight is 296 g/mol. The number of hydrogen-bond donors (Lipinski definition) is 1. The molecule has 0 aliphatic heterocycles. The summed E-state index contributed by atoms with van der Waals surface area (Å²) >= 11 is 0. The lowest BCUT2D eigenvalue weighted by molar-refractivity contribution is 0.287. The molecule has 0 saturated heterocycles. The van der Waals surface area contributed by atoms with Crippen molar-refractivity contribution < 1.29 is 13.2 Å². The molecule has 0 amide bonds. The Morgan fingerprint density at radius 1 is 1.35 bits per heavy atom. The lowest BCUT2D eigenvalue weighted by Gasteiger charge is -2.17. The normalized spacial score (nSPS) is 14.3. The van der Waals surface area contributed by atoms with E-state index in [4.69, 9.17) is 10.00 Å². The molecule has 20 heavy (non-hydrogen) atoms. The van der Waals surface area contributed by atoms with Crippen molar-refractivity contribution in [3.05, 3.63) is 29.8 Å². The molecule has 0 aliphatic carbocycles. The van der Waals surface area contributed by atoms with Gasteiger partial charge in [-0.05, 0) is 32.4 Å². The van der Waals surface area contributed by atoms with Crippen LogP contribution in [0, 0.1) is 18.3 Å². The van der Waals surface area contributed by atoms with Crippen LogP contribution in [0.25, 0.3) is 0 Å². The van der Waals surface area contributed by atoms with Crippen molar-refractivity contribution in [2.45, 2.75) is 38.5 Å². The molecule has 0 spiro atoms. The molecule has 1 aromatic rings. The second-order valence-electron chi connectivity index (χ2n) is 4.71. The third-order valence-corrected chi connectivity index (χ3v) is 4.69. The number of nitriles is 1. The number of nitrogens with one attached hydrogen (secondary N) is 1. The van der Waals surface area contributed by atoms with Crippen molar-refractivity contribution in [2.75, 3.05) is 6.61 Å². The first-order valence-electron chi connectivity index (χ1n) is 6.49. The van der Waals surface area contributed by atoms with E-state index in [-0.39, 0.29) is 13.0 Å². The van der Waals surface area contributed by atoms with Gasteiger partial charge in [-0.3, -0.25) is 0 Å². The summed E-state index contributed by atoms with van der Waals surface area (Å²) in [6.45, 7) is 5.56. The van der Waals surface area contributed by atoms with Crippen LogP contribution in [0.15, 0.2) is 24.3 Å². The van der Waals surface area contributed by atoms with Crippen LogP contribution in [0.2, 0.25) is 0 Å². The Morgan fingerprint density at radius 3 is 2.45 bits per heavy atom. The fraction of sp³-hybridized carbons (Fsp3) is 0.500. The summed E-state index contributed by atoms with van der Waals surface area (Å²) in [6, 6.07) is 8.90. The van der Waals surface area contributed by atoms with Crippen LogP contribution in [0.5, 0.6) is 5.75 Å². The fourth-order valence-electron chi connectivity index (χ4n) is 1.63. The summed E-state index contributed by atoms with van der Waals surface area (Å²) in [6.07, 6.45) is 0.261. The molecule has 1 aromatic carbocycles. The number of benzene rings is 1. The molecule has 0 fully saturated rings. The Balaban J connectivity index is 2.54. The van der Waals surface area contributed by atoms with Gasteiger partial charge >= 0.3 is 0 Å². The zero-order valence-electron chi connectivity index (χ0n) is 12.0. The van der Waals surface area contributed by atoms with Gasteiger partial charge in [-0.25, -0.2) is 13.1 Å². The maximum atomic E-state index is 11.9. The molecule has 0 unspecified atom stereocenters. The van der Waals surface area contributed by atoms with Crippen LogP contribution in [0.3, 0.4) is 0 Å². The maximum absolute atomic E-state index is 11.9. The van der Waals surface area contributed by atoms with Crippen molar-refractivity contribution in [3.8, 4) is 11.8 Å². The van der Waals surface area contributed by atoms with E-state index in [0.717, 1.165) is 5.56 Å². The van der Waals surface area contributed by atoms with Gasteiger partial charge in [0.15, 0.2) is 5.25 Å². The van der Waals surface area contributed by atoms with Crippen molar-refractivity contribution >= 4 is 10.0 Å². The van der Waals surface area contributed by atoms with Gasteiger partial charge in [0, 0.05) is 0 Å². The summed E-state index contributed by atoms with van der Waals surface area (Å²) in [5.74, 6) is 0.689. The molecule has 5 nitrogen and oxygen atoms in total. The van der Waals surface area contributed by atoms with E-state index in [1.165, 1.54) is 0 Å². The zero-order chi connectivity index (χ0) is 15.2. The Hall–Kier alpha value is -1.58. The highest BCUT2D eigenvalue weighted by Crippen LogP contribution is 2.12. The maximum Gasteiger partial charge on any atom is 0.228 e. The Kier molecular flexibility index (Phi) is 5.99. The quantitative estimate of drug-likeness (QED) is 0.834. The SMILES string of the molecule is CC[C@H](C#N)S(=O)(=O)N[C@H](C)COc1ccc(C)cc1. The van der Waals surface area contributed by atoms with Crippen LogP contribution >= 0.6 is 0 Å². The molecule has 0 radical (unpaired) electrons. The van der Waals surface area contributed by atoms with Gasteiger partial charge in [0.2, 0.25) is 10.0 Å². The first-order chi connectivity index (χ1) is 9.39. The van der Waals surface area contributed by atoms with Crippen LogP contribution in [0.4, 0.5) is 0 Å². The van der Waals surface area contributed by atoms with Gasteiger partial charge in [-0.2, -0.15) is 5.26 Å². The molecular formula is C14H20N2O3S. The van der Waals surface area contributed by atoms with Crippen LogP contribution in [-0.2, 0) is 10.0 Å². The molecule has 1 N–H and O–H groups in total. The second kappa shape index (κ2) is 7.27. The first-order valence-corrected chi connectivity index (χ1v) is 8.04. The largest absolute Gasteiger partial charge is 0.492 e. The van der Waals surface area contributed by atoms with E-state index in [2.05, 4.69) is 4.72 Å². The molecule has 110 valence electrons. The van der Waals surface area contributed by atoms with Gasteiger partial charge in [-0.15, -0.1) is 0 Å². The molecule has 0 bridgehead atoms. The van der Waals surface area contributed by atoms with E-state index in [0.29, 0.717) is 5.75 Å². The lowest BCUT2D eigenvalue weighted by atomic mass is 10.2. The van der Waals surface area contributed by atoms with Gasteiger partial charge in [0.25, 0.3) is 0 Å². The molecule has 2 atom stereocenters. The Labute approximate surface area is 120 Å². The minimum atomic E-state index is -3.62. The van der Waals surface area contributed by atoms with Gasteiger partial charge in [0.1, 0.15) is 12.4 Å². The summed E-state index contributed by atoms with van der Waals surface area (Å²) in [5.41, 5.74) is 1.13. The van der Waals surface area contributed by atoms with E-state index < -0.39 is 21.3 Å². The molecule has 0 aromatic heterocycles. The highest BCUT2D eigenvalue weighted by Gasteiger charge is 2.25. The standard InChI is InChI=1S/C14H20N2O3S/c1-4-14(9-15)20(17,18)16-12(3)10-19-13-7-5-11(2)6-8-13/h5-8,12,14,16H,4,10H2,1-3H3/t12-,14-/m1/s1. The number of aryl methyl sites for hydroxylation is 1. The Bertz CT molecular complexity index is 561. The van der Waals surface area contributed by atoms with Crippen LogP contribution < -0.4 is 9.46 Å². The predicted octanol–water partition coefficient (Wildman–Crippen LogP) is 1.98. The number of hydrogen-bond acceptors (Lipinski definition) is 4. The van der Waals surface area contributed by atoms with Gasteiger partial charge < -0.3 is 4.74 Å². The van der Waals surface area contributed by atoms with E-state index in [9.17, 15) is 8.42 Å². The van der Waals surface area contributed by atoms with E-state index in [1.54, 1.807) is 19.9 Å². The third-order valence-electron chi connectivity index (χ3n) is 2.78. The van der Waals surface area contributed by atoms with Crippen LogP contribution in [-0.4, -0.2) is 26.3 Å². The number of nitrogens with zero attached hydrogens (tertiary/aromatic N) is 1. The third kappa shape index (κ3) is 4.83. The van der Waals surface area contributed by atoms with Crippen molar-refractivity contribution in [1.82, 2.24) is 4.72 Å². The first kappa shape index (κ1) is 16.5. The minimum Gasteiger partial charge on any atom is -0.492 e. The molecule has 1 rings (SSSR count). The summed E-state index contributed by atoms with van der Waals surface area (Å²) in [5, 5.41) is 7.78. The van der Waals surface area contributed by atoms with Crippen LogP contribution in [0.1, 0.15) is 25.8 Å². The van der Waals surface area contributed by atoms with Gasteiger partial charge in [0.05, 0.1) is 12.1 Å². The molecule has 0 aliphatic rings. The lowest BCUT2D eigenvalue weighted by Crippen LogP contribution is -2.41. The highest BCUT2D eigenvalue weighted by molar-refractivity contribution is 7.90. The van der Waals surface area contributed by atoms with Gasteiger partial charge in [-0.1, -0.05) is 24.6 Å². The number of ether oxygens (including phenoxy) is 1. The van der Waals surface area contributed by atoms with Crippen molar-refractivity contribution in [2.24, 2.45) is 0 Å². The number of sulfonamides is 1. The summed E-state index contributed by atoms with van der Waals surface area (Å²) < 4.78 is 31.7. The Morgan fingerprint density at radius 2 is 1.95 bits per heavy atom. The van der Waals surface area contributed by atoms with E-state index >= 15 is 0 Å². The topological polar surface area (TPSA) is 79.2 Å². The van der Waals surface area contributed by atoms with Crippen molar-refractivity contribution in [3.63, 3.8) is 0 Å². The highest BCUT2D eigenvalue weighted by atomic mass is 32.2. The summed E-state index contributed by atoms with van der Waals surface area (Å²) in [4.78, 5) is 0. The number of rotatable bonds is 7. The molecule has 0 saturated carbocycles. The molecule has 0 heterocycles. The second-order valence-corrected chi connectivity index (χ2v) is 6.61. The smallest absolute Gasteiger partial charge is 0.228 e. The monoisotopic (exact) mass is 296 g/mol. The molecular weight excluding hydrogens is 276 g/mol. The average Bonchev–Trinajstić information content (AvgIpc) is 2.38.